The molecule has 250 valence electrons. The van der Waals surface area contributed by atoms with Crippen LogP contribution in [0.2, 0.25) is 0 Å². The van der Waals surface area contributed by atoms with Gasteiger partial charge < -0.3 is 4.90 Å². The minimum absolute atomic E-state index is 0.0960. The van der Waals surface area contributed by atoms with Gasteiger partial charge >= 0.3 is 0 Å². The molecule has 0 aliphatic heterocycles. The average molecular weight is 680 g/mol. The largest absolute Gasteiger partial charge is 0.311 e. The third-order valence-electron chi connectivity index (χ3n) is 9.75. The molecule has 0 aliphatic carbocycles. The molecule has 9 aromatic rings. The average Bonchev–Trinajstić information content (AvgIpc) is 3.28. The molecule has 0 amide bonds. The van der Waals surface area contributed by atoms with Crippen LogP contribution in [0.4, 0.5) is 17.1 Å². The van der Waals surface area contributed by atoms with Crippen molar-refractivity contribution < 1.29 is 5.48 Å². The fourth-order valence-corrected chi connectivity index (χ4v) is 7.03. The van der Waals surface area contributed by atoms with E-state index in [0.29, 0.717) is 5.56 Å². The molecule has 0 unspecified atom stereocenters. The summed E-state index contributed by atoms with van der Waals surface area (Å²) in [5.41, 5.74) is 11.0. The molecule has 0 fully saturated rings. The monoisotopic (exact) mass is 679 g/mol. The van der Waals surface area contributed by atoms with Gasteiger partial charge in [-0.05, 0) is 115 Å². The van der Waals surface area contributed by atoms with Crippen molar-refractivity contribution in [3.05, 3.63) is 224 Å². The quantitative estimate of drug-likeness (QED) is 0.154. The lowest BCUT2D eigenvalue weighted by Crippen LogP contribution is -2.09. The molecule has 0 aromatic heterocycles. The molecule has 0 aliphatic rings. The van der Waals surface area contributed by atoms with Gasteiger partial charge in [-0.3, -0.25) is 0 Å². The van der Waals surface area contributed by atoms with Gasteiger partial charge in [0.05, 0.1) is 5.48 Å². The number of hydrogen-bond acceptors (Lipinski definition) is 1. The predicted molar refractivity (Wildman–Crippen MR) is 226 cm³/mol. The summed E-state index contributed by atoms with van der Waals surface area (Å²) in [7, 11) is 0. The Morgan fingerprint density at radius 1 is 0.283 bits per heavy atom. The molecule has 0 atom stereocenters. The van der Waals surface area contributed by atoms with Gasteiger partial charge in [-0.15, -0.1) is 0 Å². The summed E-state index contributed by atoms with van der Waals surface area (Å²) >= 11 is 0. The van der Waals surface area contributed by atoms with E-state index in [9.17, 15) is 5.48 Å². The molecule has 0 radical (unpaired) electrons. The highest BCUT2D eigenvalue weighted by atomic mass is 15.1. The van der Waals surface area contributed by atoms with E-state index in [1.165, 1.54) is 0 Å². The highest BCUT2D eigenvalue weighted by Crippen LogP contribution is 2.39. The van der Waals surface area contributed by atoms with Gasteiger partial charge in [-0.2, -0.15) is 0 Å². The van der Waals surface area contributed by atoms with Crippen molar-refractivity contribution in [3.63, 3.8) is 0 Å². The number of fused-ring (bicyclic) bond motifs is 1. The minimum atomic E-state index is -0.117. The number of nitrogens with zero attached hydrogens (tertiary/aromatic N) is 1. The van der Waals surface area contributed by atoms with E-state index >= 15 is 0 Å². The zero-order chi connectivity index (χ0) is 38.9. The van der Waals surface area contributed by atoms with Gasteiger partial charge in [-0.25, -0.2) is 0 Å². The molecule has 53 heavy (non-hydrogen) atoms. The van der Waals surface area contributed by atoms with Crippen LogP contribution in [-0.4, -0.2) is 0 Å². The highest BCUT2D eigenvalue weighted by Gasteiger charge is 2.14. The first-order valence-corrected chi connectivity index (χ1v) is 17.8. The number of rotatable bonds is 8. The first-order chi connectivity index (χ1) is 27.9. The number of hydrogen-bond donors (Lipinski definition) is 0. The lowest BCUT2D eigenvalue weighted by atomic mass is 9.95. The summed E-state index contributed by atoms with van der Waals surface area (Å²) in [4.78, 5) is 1.84. The second-order valence-corrected chi connectivity index (χ2v) is 13.1. The van der Waals surface area contributed by atoms with Crippen LogP contribution in [0.1, 0.15) is 5.48 Å². The van der Waals surface area contributed by atoms with E-state index in [2.05, 4.69) is 72.8 Å². The maximum Gasteiger partial charge on any atom is 0.0645 e. The topological polar surface area (TPSA) is 3.24 Å². The summed E-state index contributed by atoms with van der Waals surface area (Å²) in [5, 5.41) is 2.23. The van der Waals surface area contributed by atoms with Crippen molar-refractivity contribution >= 4 is 27.8 Å². The molecule has 0 bridgehead atoms. The van der Waals surface area contributed by atoms with E-state index in [0.717, 1.165) is 66.7 Å². The zero-order valence-corrected chi connectivity index (χ0v) is 29.0. The standard InChI is InChI=1S/C52H37N/c1-3-12-38(13-4-1)40-24-30-48(31-25-40)53(49-32-26-41(27-33-49)45-19-9-18-44(36-45)39-14-5-2-6-15-39)50-34-28-42(29-35-50)46-20-10-21-47(37-46)52-23-11-17-43-16-7-8-22-51(43)52/h1-37H/i28D,29D,34D,35D. The van der Waals surface area contributed by atoms with Crippen molar-refractivity contribution in [1.29, 1.82) is 0 Å². The Morgan fingerprint density at radius 2 is 0.698 bits per heavy atom. The Balaban J connectivity index is 1.15. The van der Waals surface area contributed by atoms with Gasteiger partial charge in [0, 0.05) is 17.1 Å². The Labute approximate surface area is 317 Å². The van der Waals surface area contributed by atoms with Gasteiger partial charge in [-0.1, -0.05) is 176 Å². The molecule has 9 rings (SSSR count). The SMILES string of the molecule is [2H]c1c([2H])c(N(c2ccc(-c3ccccc3)cc2)c2ccc(-c3cccc(-c4ccccc4)c3)cc2)c([2H])c([2H])c1-c1cccc(-c2cccc3ccccc23)c1. The van der Waals surface area contributed by atoms with Gasteiger partial charge in [0.15, 0.2) is 0 Å². The molecule has 1 heteroatoms. The molecule has 0 saturated heterocycles. The van der Waals surface area contributed by atoms with Crippen LogP contribution in [0.3, 0.4) is 0 Å². The van der Waals surface area contributed by atoms with E-state index in [1.807, 2.05) is 132 Å². The fourth-order valence-electron chi connectivity index (χ4n) is 7.03. The second-order valence-electron chi connectivity index (χ2n) is 13.1. The molecule has 0 saturated carbocycles. The molecule has 1 nitrogen and oxygen atoms in total. The van der Waals surface area contributed by atoms with Crippen molar-refractivity contribution in [1.82, 2.24) is 0 Å². The summed E-state index contributed by atoms with van der Waals surface area (Å²) in [6, 6.07) is 66.8. The Morgan fingerprint density at radius 3 is 1.32 bits per heavy atom. The van der Waals surface area contributed by atoms with Crippen molar-refractivity contribution in [3.8, 4) is 55.6 Å². The van der Waals surface area contributed by atoms with Crippen LogP contribution in [0, 0.1) is 0 Å². The first kappa shape index (κ1) is 27.7. The van der Waals surface area contributed by atoms with E-state index in [4.69, 9.17) is 0 Å². The summed E-state index contributed by atoms with van der Waals surface area (Å²) < 4.78 is 37.8. The summed E-state index contributed by atoms with van der Waals surface area (Å²) in [6.45, 7) is 0. The van der Waals surface area contributed by atoms with Gasteiger partial charge in [0.2, 0.25) is 0 Å². The van der Waals surface area contributed by atoms with Crippen LogP contribution in [0.25, 0.3) is 66.4 Å². The van der Waals surface area contributed by atoms with E-state index in [-0.39, 0.29) is 35.4 Å². The zero-order valence-electron chi connectivity index (χ0n) is 33.0. The third kappa shape index (κ3) is 6.65. The molecular weight excluding hydrogens is 639 g/mol. The molecule has 0 heterocycles. The predicted octanol–water partition coefficient (Wildman–Crippen LogP) is 14.6. The lowest BCUT2D eigenvalue weighted by Gasteiger charge is -2.26. The van der Waals surface area contributed by atoms with Crippen molar-refractivity contribution in [2.75, 3.05) is 4.90 Å². The van der Waals surface area contributed by atoms with Crippen LogP contribution >= 0.6 is 0 Å². The number of benzene rings is 9. The Kier molecular flexibility index (Phi) is 7.50. The van der Waals surface area contributed by atoms with Gasteiger partial charge in [0.25, 0.3) is 0 Å². The first-order valence-electron chi connectivity index (χ1n) is 19.8. The van der Waals surface area contributed by atoms with Gasteiger partial charge in [0.1, 0.15) is 0 Å². The van der Waals surface area contributed by atoms with Crippen LogP contribution in [0.5, 0.6) is 0 Å². The Hall–Kier alpha value is -6.96. The maximum absolute atomic E-state index is 9.50. The fraction of sp³-hybridized carbons (Fsp3) is 0. The number of anilines is 3. The normalized spacial score (nSPS) is 12.1. The van der Waals surface area contributed by atoms with Crippen molar-refractivity contribution in [2.45, 2.75) is 0 Å². The Bertz CT molecular complexity index is 2840. The smallest absolute Gasteiger partial charge is 0.0645 e. The summed E-state index contributed by atoms with van der Waals surface area (Å²) in [5.74, 6) is 0. The van der Waals surface area contributed by atoms with Crippen molar-refractivity contribution in [2.24, 2.45) is 0 Å². The lowest BCUT2D eigenvalue weighted by molar-refractivity contribution is 1.28. The summed E-state index contributed by atoms with van der Waals surface area (Å²) in [6.07, 6.45) is 0. The highest BCUT2D eigenvalue weighted by molar-refractivity contribution is 5.97. The molecule has 0 spiro atoms. The molecular formula is C52H37N. The third-order valence-corrected chi connectivity index (χ3v) is 9.75. The van der Waals surface area contributed by atoms with Crippen LogP contribution in [0.15, 0.2) is 224 Å². The molecule has 0 N–H and O–H groups in total. The minimum Gasteiger partial charge on any atom is -0.311 e. The van der Waals surface area contributed by atoms with Crippen LogP contribution < -0.4 is 4.90 Å². The van der Waals surface area contributed by atoms with E-state index in [1.54, 1.807) is 0 Å². The van der Waals surface area contributed by atoms with Crippen LogP contribution in [-0.2, 0) is 0 Å². The molecule has 9 aromatic carbocycles. The maximum atomic E-state index is 9.50. The van der Waals surface area contributed by atoms with E-state index < -0.39 is 0 Å². The second kappa shape index (κ2) is 14.3.